The largest absolute Gasteiger partial charge is 0.323 e. The van der Waals surface area contributed by atoms with Crippen molar-refractivity contribution in [3.05, 3.63) is 45.2 Å². The van der Waals surface area contributed by atoms with Crippen molar-refractivity contribution in [3.8, 4) is 10.4 Å². The highest BCUT2D eigenvalue weighted by Crippen LogP contribution is 2.42. The molecule has 1 unspecified atom stereocenters. The molecule has 1 saturated carbocycles. The molecular formula is C15H16BrNS. The molecule has 0 aliphatic heterocycles. The summed E-state index contributed by atoms with van der Waals surface area (Å²) in [6.07, 6.45) is 2.59. The highest BCUT2D eigenvalue weighted by Gasteiger charge is 2.30. The molecule has 1 aliphatic carbocycles. The van der Waals surface area contributed by atoms with Crippen molar-refractivity contribution < 1.29 is 0 Å². The third-order valence-corrected chi connectivity index (χ3v) is 5.65. The summed E-state index contributed by atoms with van der Waals surface area (Å²) in [7, 11) is 0. The van der Waals surface area contributed by atoms with Crippen molar-refractivity contribution in [1.82, 2.24) is 0 Å². The molecule has 18 heavy (non-hydrogen) atoms. The van der Waals surface area contributed by atoms with Gasteiger partial charge in [-0.2, -0.15) is 0 Å². The second kappa shape index (κ2) is 4.80. The molecule has 1 aromatic carbocycles. The number of benzene rings is 1. The van der Waals surface area contributed by atoms with Crippen LogP contribution in [0.15, 0.2) is 34.8 Å². The number of aryl methyl sites for hydroxylation is 1. The van der Waals surface area contributed by atoms with Crippen molar-refractivity contribution in [2.75, 3.05) is 0 Å². The van der Waals surface area contributed by atoms with E-state index < -0.39 is 0 Å². The monoisotopic (exact) mass is 321 g/mol. The van der Waals surface area contributed by atoms with Crippen LogP contribution in [0.25, 0.3) is 10.4 Å². The van der Waals surface area contributed by atoms with E-state index in [0.29, 0.717) is 0 Å². The first-order valence-corrected chi connectivity index (χ1v) is 7.88. The summed E-state index contributed by atoms with van der Waals surface area (Å²) in [6.45, 7) is 2.12. The van der Waals surface area contributed by atoms with Gasteiger partial charge in [0, 0.05) is 20.3 Å². The van der Waals surface area contributed by atoms with E-state index in [9.17, 15) is 0 Å². The minimum atomic E-state index is 0.250. The molecule has 0 bridgehead atoms. The fourth-order valence-electron chi connectivity index (χ4n) is 2.17. The van der Waals surface area contributed by atoms with Crippen LogP contribution >= 0.6 is 27.3 Å². The molecule has 0 spiro atoms. The number of hydrogen-bond acceptors (Lipinski definition) is 2. The lowest BCUT2D eigenvalue weighted by atomic mass is 10.1. The molecule has 1 heterocycles. The van der Waals surface area contributed by atoms with Crippen LogP contribution in [0.4, 0.5) is 0 Å². The Morgan fingerprint density at radius 1 is 1.28 bits per heavy atom. The van der Waals surface area contributed by atoms with E-state index in [4.69, 9.17) is 5.73 Å². The predicted octanol–water partition coefficient (Wildman–Crippen LogP) is 4.90. The summed E-state index contributed by atoms with van der Waals surface area (Å²) in [5.41, 5.74) is 8.81. The Bertz CT molecular complexity index is 572. The Kier molecular flexibility index (Phi) is 3.31. The fraction of sp³-hybridized carbons (Fsp3) is 0.333. The molecule has 1 atom stereocenters. The summed E-state index contributed by atoms with van der Waals surface area (Å²) in [6, 6.07) is 11.1. The molecule has 0 amide bonds. The Labute approximate surface area is 120 Å². The molecule has 3 rings (SSSR count). The van der Waals surface area contributed by atoms with Crippen LogP contribution < -0.4 is 5.73 Å². The quantitative estimate of drug-likeness (QED) is 0.855. The number of hydrogen-bond donors (Lipinski definition) is 1. The van der Waals surface area contributed by atoms with E-state index in [0.717, 1.165) is 10.4 Å². The number of thiophene rings is 1. The molecule has 3 heteroatoms. The zero-order valence-electron chi connectivity index (χ0n) is 10.3. The van der Waals surface area contributed by atoms with Gasteiger partial charge >= 0.3 is 0 Å². The summed E-state index contributed by atoms with van der Waals surface area (Å²) >= 11 is 5.38. The Balaban J connectivity index is 1.89. The van der Waals surface area contributed by atoms with Crippen molar-refractivity contribution in [1.29, 1.82) is 0 Å². The van der Waals surface area contributed by atoms with Gasteiger partial charge in [0.1, 0.15) is 0 Å². The van der Waals surface area contributed by atoms with Gasteiger partial charge in [-0.05, 0) is 61.1 Å². The zero-order chi connectivity index (χ0) is 12.7. The maximum absolute atomic E-state index is 6.25. The standard InChI is InChI=1S/C15H16BrNS/c1-9-8-11(4-5-12(9)16)13-6-7-14(18-13)15(17)10-2-3-10/h4-8,10,15H,2-3,17H2,1H3. The van der Waals surface area contributed by atoms with Gasteiger partial charge in [-0.1, -0.05) is 22.0 Å². The van der Waals surface area contributed by atoms with Crippen LogP contribution in [0.1, 0.15) is 29.3 Å². The van der Waals surface area contributed by atoms with Gasteiger partial charge in [-0.15, -0.1) is 11.3 Å². The molecule has 2 aromatic rings. The van der Waals surface area contributed by atoms with E-state index in [-0.39, 0.29) is 6.04 Å². The lowest BCUT2D eigenvalue weighted by Crippen LogP contribution is -2.10. The van der Waals surface area contributed by atoms with Gasteiger partial charge in [-0.25, -0.2) is 0 Å². The lowest BCUT2D eigenvalue weighted by molar-refractivity contribution is 0.645. The average Bonchev–Trinajstić information content (AvgIpc) is 3.09. The van der Waals surface area contributed by atoms with Crippen molar-refractivity contribution in [2.45, 2.75) is 25.8 Å². The molecular weight excluding hydrogens is 306 g/mol. The second-order valence-corrected chi connectivity index (χ2v) is 7.00. The first-order chi connectivity index (χ1) is 8.65. The third-order valence-electron chi connectivity index (χ3n) is 3.53. The van der Waals surface area contributed by atoms with Crippen LogP contribution in [0.3, 0.4) is 0 Å². The Hall–Kier alpha value is -0.640. The van der Waals surface area contributed by atoms with E-state index in [1.165, 1.54) is 33.7 Å². The molecule has 94 valence electrons. The highest BCUT2D eigenvalue weighted by atomic mass is 79.9. The summed E-state index contributed by atoms with van der Waals surface area (Å²) < 4.78 is 1.16. The van der Waals surface area contributed by atoms with Gasteiger partial charge in [0.05, 0.1) is 0 Å². The minimum Gasteiger partial charge on any atom is -0.323 e. The third kappa shape index (κ3) is 2.40. The first kappa shape index (κ1) is 12.4. The van der Waals surface area contributed by atoms with Gasteiger partial charge in [-0.3, -0.25) is 0 Å². The van der Waals surface area contributed by atoms with Gasteiger partial charge in [0.15, 0.2) is 0 Å². The summed E-state index contributed by atoms with van der Waals surface area (Å²) in [5, 5.41) is 0. The normalized spacial score (nSPS) is 16.8. The topological polar surface area (TPSA) is 26.0 Å². The zero-order valence-corrected chi connectivity index (χ0v) is 12.7. The van der Waals surface area contributed by atoms with Crippen LogP contribution in [-0.4, -0.2) is 0 Å². The van der Waals surface area contributed by atoms with Gasteiger partial charge in [0.25, 0.3) is 0 Å². The molecule has 1 aliphatic rings. The molecule has 1 aromatic heterocycles. The van der Waals surface area contributed by atoms with Gasteiger partial charge < -0.3 is 5.73 Å². The van der Waals surface area contributed by atoms with Crippen molar-refractivity contribution in [2.24, 2.45) is 11.7 Å². The lowest BCUT2D eigenvalue weighted by Gasteiger charge is -2.06. The summed E-state index contributed by atoms with van der Waals surface area (Å²) in [5.74, 6) is 0.725. The highest BCUT2D eigenvalue weighted by molar-refractivity contribution is 9.10. The average molecular weight is 322 g/mol. The minimum absolute atomic E-state index is 0.250. The molecule has 0 saturated heterocycles. The van der Waals surface area contributed by atoms with E-state index in [1.807, 2.05) is 11.3 Å². The molecule has 1 fully saturated rings. The molecule has 1 nitrogen and oxygen atoms in total. The van der Waals surface area contributed by atoms with E-state index >= 15 is 0 Å². The number of rotatable bonds is 3. The maximum atomic E-state index is 6.25. The van der Waals surface area contributed by atoms with Crippen molar-refractivity contribution in [3.63, 3.8) is 0 Å². The van der Waals surface area contributed by atoms with Crippen LogP contribution in [0, 0.1) is 12.8 Å². The van der Waals surface area contributed by atoms with Crippen LogP contribution in [0.5, 0.6) is 0 Å². The predicted molar refractivity (Wildman–Crippen MR) is 81.8 cm³/mol. The first-order valence-electron chi connectivity index (χ1n) is 6.27. The smallest absolute Gasteiger partial charge is 0.0418 e. The van der Waals surface area contributed by atoms with Crippen LogP contribution in [0.2, 0.25) is 0 Å². The number of nitrogens with two attached hydrogens (primary N) is 1. The van der Waals surface area contributed by atoms with E-state index in [1.54, 1.807) is 0 Å². The fourth-order valence-corrected chi connectivity index (χ4v) is 3.52. The molecule has 0 radical (unpaired) electrons. The van der Waals surface area contributed by atoms with E-state index in [2.05, 4.69) is 53.2 Å². The Morgan fingerprint density at radius 2 is 2.06 bits per heavy atom. The maximum Gasteiger partial charge on any atom is 0.0418 e. The van der Waals surface area contributed by atoms with Crippen LogP contribution in [-0.2, 0) is 0 Å². The Morgan fingerprint density at radius 3 is 2.72 bits per heavy atom. The SMILES string of the molecule is Cc1cc(-c2ccc(C(N)C3CC3)s2)ccc1Br. The van der Waals surface area contributed by atoms with Crippen molar-refractivity contribution >= 4 is 27.3 Å². The summed E-state index contributed by atoms with van der Waals surface area (Å²) in [4.78, 5) is 2.64. The molecule has 2 N–H and O–H groups in total. The number of halogens is 1. The second-order valence-electron chi connectivity index (χ2n) is 5.03. The van der Waals surface area contributed by atoms with Gasteiger partial charge in [0.2, 0.25) is 0 Å².